The lowest BCUT2D eigenvalue weighted by Gasteiger charge is -2.17. The monoisotopic (exact) mass is 537 g/mol. The predicted molar refractivity (Wildman–Crippen MR) is 152 cm³/mol. The molecule has 4 aromatic carbocycles. The molecule has 0 unspecified atom stereocenters. The smallest absolute Gasteiger partial charge is 0.418 e. The number of halogens is 3. The van der Waals surface area contributed by atoms with Crippen molar-refractivity contribution >= 4 is 16.7 Å². The molecule has 0 saturated heterocycles. The Morgan fingerprint density at radius 3 is 2.25 bits per heavy atom. The van der Waals surface area contributed by atoms with Crippen LogP contribution in [-0.4, -0.2) is 23.9 Å². The van der Waals surface area contributed by atoms with E-state index in [1.165, 1.54) is 6.07 Å². The van der Waals surface area contributed by atoms with Crippen LogP contribution < -0.4 is 10.1 Å². The van der Waals surface area contributed by atoms with Gasteiger partial charge in [-0.15, -0.1) is 0 Å². The number of hydrogen-bond acceptors (Lipinski definition) is 4. The molecule has 0 radical (unpaired) electrons. The first kappa shape index (κ1) is 25.6. The van der Waals surface area contributed by atoms with Gasteiger partial charge < -0.3 is 10.1 Å². The summed E-state index contributed by atoms with van der Waals surface area (Å²) in [5.74, 6) is 2.07. The third-order valence-corrected chi connectivity index (χ3v) is 6.88. The minimum Gasteiger partial charge on any atom is -0.457 e. The molecule has 0 amide bonds. The highest BCUT2D eigenvalue weighted by Gasteiger charge is 2.33. The molecule has 1 aliphatic heterocycles. The number of rotatable bonds is 6. The Morgan fingerprint density at radius 1 is 0.800 bits per heavy atom. The first-order valence-electron chi connectivity index (χ1n) is 13.1. The molecule has 4 nitrogen and oxygen atoms in total. The summed E-state index contributed by atoms with van der Waals surface area (Å²) in [6.07, 6.45) is -1.42. The molecule has 1 aromatic heterocycles. The van der Waals surface area contributed by atoms with Gasteiger partial charge in [0.05, 0.1) is 11.1 Å². The number of fused-ring (bicyclic) bond motifs is 1. The Kier molecular flexibility index (Phi) is 6.95. The first-order chi connectivity index (χ1) is 19.5. The molecule has 7 heteroatoms. The average Bonchev–Trinajstić information content (AvgIpc) is 2.97. The van der Waals surface area contributed by atoms with Crippen molar-refractivity contribution in [2.75, 3.05) is 13.1 Å². The van der Waals surface area contributed by atoms with E-state index in [4.69, 9.17) is 4.74 Å². The first-order valence-corrected chi connectivity index (χ1v) is 13.1. The summed E-state index contributed by atoms with van der Waals surface area (Å²) < 4.78 is 47.9. The molecule has 200 valence electrons. The van der Waals surface area contributed by atoms with E-state index in [1.807, 2.05) is 78.9 Å². The van der Waals surface area contributed by atoms with Crippen LogP contribution in [0.4, 0.5) is 13.2 Å². The summed E-state index contributed by atoms with van der Waals surface area (Å²) in [6.45, 7) is 1.67. The lowest BCUT2D eigenvalue weighted by Crippen LogP contribution is -2.30. The van der Waals surface area contributed by atoms with Gasteiger partial charge in [-0.1, -0.05) is 66.7 Å². The van der Waals surface area contributed by atoms with Crippen LogP contribution >= 0.6 is 0 Å². The van der Waals surface area contributed by atoms with Crippen LogP contribution in [0.25, 0.3) is 22.0 Å². The molecule has 2 heterocycles. The molecule has 0 saturated carbocycles. The fraction of sp³-hybridized carbons (Fsp3) is 0.152. The molecule has 5 aromatic rings. The van der Waals surface area contributed by atoms with Gasteiger partial charge in [0.25, 0.3) is 0 Å². The summed E-state index contributed by atoms with van der Waals surface area (Å²) in [4.78, 5) is 8.87. The van der Waals surface area contributed by atoms with Gasteiger partial charge in [0.2, 0.25) is 0 Å². The maximum Gasteiger partial charge on any atom is 0.418 e. The molecule has 0 fully saturated rings. The number of para-hydroxylation sites is 1. The van der Waals surface area contributed by atoms with E-state index < -0.39 is 11.7 Å². The number of nitrogens with zero attached hydrogens (tertiary/aromatic N) is 2. The zero-order valence-corrected chi connectivity index (χ0v) is 21.6. The van der Waals surface area contributed by atoms with Crippen molar-refractivity contribution in [3.8, 4) is 22.6 Å². The van der Waals surface area contributed by atoms with E-state index >= 15 is 0 Å². The van der Waals surface area contributed by atoms with Gasteiger partial charge in [0.15, 0.2) is 0 Å². The van der Waals surface area contributed by atoms with Crippen molar-refractivity contribution in [3.63, 3.8) is 0 Å². The molecule has 1 aliphatic rings. The zero-order valence-electron chi connectivity index (χ0n) is 21.6. The van der Waals surface area contributed by atoms with Gasteiger partial charge in [-0.2, -0.15) is 13.2 Å². The number of amidine groups is 1. The van der Waals surface area contributed by atoms with Crippen LogP contribution in [0.3, 0.4) is 0 Å². The zero-order chi connectivity index (χ0) is 27.5. The third kappa shape index (κ3) is 5.41. The number of nitrogens with one attached hydrogen (secondary N) is 1. The fourth-order valence-electron chi connectivity index (χ4n) is 5.07. The number of benzene rings is 4. The molecule has 0 atom stereocenters. The quantitative estimate of drug-likeness (QED) is 0.238. The molecular formula is C33H26F3N3O. The Bertz CT molecular complexity index is 1700. The molecule has 1 N–H and O–H groups in total. The van der Waals surface area contributed by atoms with E-state index in [9.17, 15) is 13.2 Å². The van der Waals surface area contributed by atoms with Gasteiger partial charge in [-0.25, -0.2) is 0 Å². The van der Waals surface area contributed by atoms with Crippen LogP contribution in [0.15, 0.2) is 108 Å². The standard InChI is InChI=1S/C33H26F3N3O/c34-33(35,36)29-15-6-14-28-30(25(21-39-31(28)29)18-22-8-2-1-3-9-22)23-10-4-12-26(19-23)40-27-13-5-11-24(20-27)32-37-16-7-17-38-32/h1-6,8-15,19-21H,7,16-18H2,(H,37,38). The second-order valence-electron chi connectivity index (χ2n) is 9.69. The average molecular weight is 538 g/mol. The van der Waals surface area contributed by atoms with Crippen molar-refractivity contribution < 1.29 is 17.9 Å². The van der Waals surface area contributed by atoms with Crippen LogP contribution in [0, 0.1) is 0 Å². The van der Waals surface area contributed by atoms with Gasteiger partial charge in [-0.05, 0) is 65.4 Å². The van der Waals surface area contributed by atoms with Crippen molar-refractivity contribution in [1.82, 2.24) is 10.3 Å². The molecule has 0 bridgehead atoms. The summed E-state index contributed by atoms with van der Waals surface area (Å²) >= 11 is 0. The Labute approximate surface area is 230 Å². The molecule has 6 rings (SSSR count). The van der Waals surface area contributed by atoms with Crippen LogP contribution in [0.5, 0.6) is 11.5 Å². The highest BCUT2D eigenvalue weighted by Crippen LogP contribution is 2.40. The van der Waals surface area contributed by atoms with E-state index in [2.05, 4.69) is 15.3 Å². The minimum atomic E-state index is -4.52. The van der Waals surface area contributed by atoms with Gasteiger partial charge in [0, 0.05) is 30.2 Å². The van der Waals surface area contributed by atoms with Crippen LogP contribution in [0.1, 0.15) is 28.7 Å². The van der Waals surface area contributed by atoms with Crippen molar-refractivity contribution in [2.45, 2.75) is 19.0 Å². The normalized spacial score (nSPS) is 13.5. The predicted octanol–water partition coefficient (Wildman–Crippen LogP) is 8.04. The Morgan fingerprint density at radius 2 is 1.52 bits per heavy atom. The second-order valence-corrected chi connectivity index (χ2v) is 9.69. The van der Waals surface area contributed by atoms with E-state index in [0.717, 1.165) is 53.7 Å². The number of pyridine rings is 1. The lowest BCUT2D eigenvalue weighted by molar-refractivity contribution is -0.136. The maximum absolute atomic E-state index is 13.9. The van der Waals surface area contributed by atoms with E-state index in [-0.39, 0.29) is 5.52 Å². The van der Waals surface area contributed by atoms with Crippen molar-refractivity contribution in [1.29, 1.82) is 0 Å². The van der Waals surface area contributed by atoms with Crippen molar-refractivity contribution in [2.24, 2.45) is 4.99 Å². The van der Waals surface area contributed by atoms with Gasteiger partial charge in [-0.3, -0.25) is 9.98 Å². The number of hydrogen-bond donors (Lipinski definition) is 1. The molecule has 0 spiro atoms. The Hall–Kier alpha value is -4.65. The highest BCUT2D eigenvalue weighted by atomic mass is 19.4. The Balaban J connectivity index is 1.43. The number of aliphatic imine (C=N–C) groups is 1. The molecule has 0 aliphatic carbocycles. The summed E-state index contributed by atoms with van der Waals surface area (Å²) in [5, 5.41) is 3.77. The number of alkyl halides is 3. The molecule has 40 heavy (non-hydrogen) atoms. The van der Waals surface area contributed by atoms with E-state index in [1.54, 1.807) is 12.3 Å². The lowest BCUT2D eigenvalue weighted by atomic mass is 9.92. The maximum atomic E-state index is 13.9. The van der Waals surface area contributed by atoms with E-state index in [0.29, 0.717) is 28.9 Å². The summed E-state index contributed by atoms with van der Waals surface area (Å²) in [6, 6.07) is 29.2. The van der Waals surface area contributed by atoms with Crippen molar-refractivity contribution in [3.05, 3.63) is 126 Å². The number of aromatic nitrogens is 1. The topological polar surface area (TPSA) is 46.5 Å². The highest BCUT2D eigenvalue weighted by molar-refractivity contribution is 5.99. The van der Waals surface area contributed by atoms with Gasteiger partial charge >= 0.3 is 6.18 Å². The number of ether oxygens (including phenoxy) is 1. The molecular weight excluding hydrogens is 511 g/mol. The van der Waals surface area contributed by atoms with Crippen LogP contribution in [0.2, 0.25) is 0 Å². The van der Waals surface area contributed by atoms with Crippen LogP contribution in [-0.2, 0) is 12.6 Å². The summed E-state index contributed by atoms with van der Waals surface area (Å²) in [5.41, 5.74) is 3.46. The minimum absolute atomic E-state index is 0.0680. The van der Waals surface area contributed by atoms with Gasteiger partial charge in [0.1, 0.15) is 17.3 Å². The third-order valence-electron chi connectivity index (χ3n) is 6.88. The second kappa shape index (κ2) is 10.8. The SMILES string of the molecule is FC(F)(F)c1cccc2c(-c3cccc(Oc4cccc(C5=NCCCN5)c4)c3)c(Cc3ccccc3)cnc12. The fourth-order valence-corrected chi connectivity index (χ4v) is 5.07. The largest absolute Gasteiger partial charge is 0.457 e. The summed E-state index contributed by atoms with van der Waals surface area (Å²) in [7, 11) is 0.